The highest BCUT2D eigenvalue weighted by atomic mass is 16.1. The van der Waals surface area contributed by atoms with Gasteiger partial charge in [-0.15, -0.1) is 0 Å². The summed E-state index contributed by atoms with van der Waals surface area (Å²) >= 11 is 0. The van der Waals surface area contributed by atoms with Gasteiger partial charge >= 0.3 is 0 Å². The Kier molecular flexibility index (Phi) is 5.39. The fourth-order valence-electron chi connectivity index (χ4n) is 3.84. The van der Waals surface area contributed by atoms with E-state index in [0.717, 1.165) is 11.9 Å². The first kappa shape index (κ1) is 20.8. The van der Waals surface area contributed by atoms with Crippen LogP contribution in [0, 0.1) is 6.92 Å². The van der Waals surface area contributed by atoms with E-state index >= 15 is 0 Å². The van der Waals surface area contributed by atoms with Crippen molar-refractivity contribution < 1.29 is 4.79 Å². The molecule has 4 aromatic rings. The van der Waals surface area contributed by atoms with Gasteiger partial charge in [-0.25, -0.2) is 9.67 Å². The van der Waals surface area contributed by atoms with E-state index < -0.39 is 0 Å². The van der Waals surface area contributed by atoms with Gasteiger partial charge in [0.1, 0.15) is 11.2 Å². The average Bonchev–Trinajstić information content (AvgIpc) is 3.32. The SMILES string of the molecule is Cc1nc2c(cnn2C(C)(C)C)c(=O)n1CCC(=O)NCCc1c[nH]c2ccccc12. The molecule has 0 aliphatic heterocycles. The van der Waals surface area contributed by atoms with Crippen LogP contribution in [-0.2, 0) is 23.3 Å². The number of para-hydroxylation sites is 1. The number of aromatic nitrogens is 5. The highest BCUT2D eigenvalue weighted by molar-refractivity contribution is 5.83. The number of rotatable bonds is 6. The standard InChI is InChI=1S/C23H28N6O2/c1-15-27-21-18(14-26-29(21)23(2,3)4)22(31)28(15)12-10-20(30)24-11-9-16-13-25-19-8-6-5-7-17(16)19/h5-8,13-14,25H,9-12H2,1-4H3,(H,24,30). The Morgan fingerprint density at radius 2 is 1.97 bits per heavy atom. The number of hydrogen-bond donors (Lipinski definition) is 2. The smallest absolute Gasteiger partial charge is 0.264 e. The van der Waals surface area contributed by atoms with Crippen LogP contribution in [0.25, 0.3) is 21.9 Å². The lowest BCUT2D eigenvalue weighted by molar-refractivity contribution is -0.121. The van der Waals surface area contributed by atoms with E-state index in [-0.39, 0.29) is 30.0 Å². The van der Waals surface area contributed by atoms with Crippen LogP contribution in [0.3, 0.4) is 0 Å². The minimum atomic E-state index is -0.273. The number of carbonyl (C=O) groups is 1. The lowest BCUT2D eigenvalue weighted by Gasteiger charge is -2.20. The van der Waals surface area contributed by atoms with Crippen LogP contribution in [0.4, 0.5) is 0 Å². The molecule has 0 fully saturated rings. The van der Waals surface area contributed by atoms with Crippen molar-refractivity contribution >= 4 is 27.8 Å². The molecule has 8 heteroatoms. The number of benzene rings is 1. The molecule has 0 atom stereocenters. The van der Waals surface area contributed by atoms with E-state index in [1.54, 1.807) is 22.4 Å². The van der Waals surface area contributed by atoms with Gasteiger partial charge in [-0.1, -0.05) is 18.2 Å². The maximum absolute atomic E-state index is 12.9. The third-order valence-electron chi connectivity index (χ3n) is 5.47. The third kappa shape index (κ3) is 4.10. The first-order valence-corrected chi connectivity index (χ1v) is 10.5. The van der Waals surface area contributed by atoms with Gasteiger partial charge in [-0.3, -0.25) is 14.2 Å². The van der Waals surface area contributed by atoms with Crippen molar-refractivity contribution in [2.24, 2.45) is 0 Å². The van der Waals surface area contributed by atoms with Gasteiger partial charge in [-0.2, -0.15) is 5.10 Å². The van der Waals surface area contributed by atoms with Crippen LogP contribution in [0.5, 0.6) is 0 Å². The molecule has 0 aliphatic carbocycles. The van der Waals surface area contributed by atoms with Crippen molar-refractivity contribution in [2.75, 3.05) is 6.54 Å². The summed E-state index contributed by atoms with van der Waals surface area (Å²) in [6.45, 7) is 8.67. The largest absolute Gasteiger partial charge is 0.361 e. The van der Waals surface area contributed by atoms with Gasteiger partial charge in [-0.05, 0) is 45.7 Å². The van der Waals surface area contributed by atoms with Crippen molar-refractivity contribution in [1.82, 2.24) is 29.6 Å². The summed E-state index contributed by atoms with van der Waals surface area (Å²) in [5.41, 5.74) is 2.41. The van der Waals surface area contributed by atoms with Crippen LogP contribution < -0.4 is 10.9 Å². The number of hydrogen-bond acceptors (Lipinski definition) is 4. The van der Waals surface area contributed by atoms with Gasteiger partial charge in [0.2, 0.25) is 5.91 Å². The molecule has 2 N–H and O–H groups in total. The maximum Gasteiger partial charge on any atom is 0.264 e. The Bertz CT molecular complexity index is 1310. The zero-order valence-corrected chi connectivity index (χ0v) is 18.4. The number of H-pyrrole nitrogens is 1. The Morgan fingerprint density at radius 3 is 2.74 bits per heavy atom. The summed E-state index contributed by atoms with van der Waals surface area (Å²) in [6.07, 6.45) is 4.51. The molecule has 0 spiro atoms. The zero-order valence-electron chi connectivity index (χ0n) is 18.4. The van der Waals surface area contributed by atoms with Gasteiger partial charge in [0.15, 0.2) is 5.65 Å². The number of nitrogens with zero attached hydrogens (tertiary/aromatic N) is 4. The quantitative estimate of drug-likeness (QED) is 0.501. The van der Waals surface area contributed by atoms with E-state index in [0.29, 0.717) is 23.4 Å². The molecule has 0 bridgehead atoms. The first-order valence-electron chi connectivity index (χ1n) is 10.5. The van der Waals surface area contributed by atoms with Crippen LogP contribution in [0.15, 0.2) is 41.5 Å². The minimum Gasteiger partial charge on any atom is -0.361 e. The van der Waals surface area contributed by atoms with E-state index in [4.69, 9.17) is 0 Å². The Morgan fingerprint density at radius 1 is 1.19 bits per heavy atom. The second-order valence-corrected chi connectivity index (χ2v) is 8.79. The highest BCUT2D eigenvalue weighted by Gasteiger charge is 2.21. The van der Waals surface area contributed by atoms with Crippen LogP contribution >= 0.6 is 0 Å². The normalized spacial score (nSPS) is 12.0. The topological polar surface area (TPSA) is 97.6 Å². The minimum absolute atomic E-state index is 0.0865. The summed E-state index contributed by atoms with van der Waals surface area (Å²) in [5.74, 6) is 0.492. The van der Waals surface area contributed by atoms with Gasteiger partial charge in [0.25, 0.3) is 5.56 Å². The second kappa shape index (κ2) is 8.02. The Labute approximate surface area is 180 Å². The molecule has 31 heavy (non-hydrogen) atoms. The van der Waals surface area contributed by atoms with Crippen molar-refractivity contribution in [1.29, 1.82) is 0 Å². The van der Waals surface area contributed by atoms with Crippen LogP contribution in [0.2, 0.25) is 0 Å². The number of nitrogens with one attached hydrogen (secondary N) is 2. The van der Waals surface area contributed by atoms with Crippen molar-refractivity contribution in [3.63, 3.8) is 0 Å². The molecule has 0 saturated carbocycles. The number of aromatic amines is 1. The molecule has 0 aliphatic rings. The fraction of sp³-hybridized carbons (Fsp3) is 0.391. The predicted molar refractivity (Wildman–Crippen MR) is 121 cm³/mol. The Hall–Kier alpha value is -3.42. The molecule has 3 heterocycles. The molecule has 1 amide bonds. The van der Waals surface area contributed by atoms with E-state index in [1.807, 2.05) is 45.2 Å². The van der Waals surface area contributed by atoms with Gasteiger partial charge in [0, 0.05) is 36.6 Å². The van der Waals surface area contributed by atoms with Crippen molar-refractivity contribution in [3.8, 4) is 0 Å². The summed E-state index contributed by atoms with van der Waals surface area (Å²) in [6, 6.07) is 8.11. The average molecular weight is 421 g/mol. The second-order valence-electron chi connectivity index (χ2n) is 8.79. The monoisotopic (exact) mass is 420 g/mol. The van der Waals surface area contributed by atoms with Gasteiger partial charge < -0.3 is 10.3 Å². The maximum atomic E-state index is 12.9. The number of aryl methyl sites for hydroxylation is 1. The molecular formula is C23H28N6O2. The van der Waals surface area contributed by atoms with Crippen molar-refractivity contribution in [2.45, 2.75) is 52.6 Å². The van der Waals surface area contributed by atoms with Crippen LogP contribution in [0.1, 0.15) is 38.6 Å². The van der Waals surface area contributed by atoms with E-state index in [9.17, 15) is 9.59 Å². The van der Waals surface area contributed by atoms with E-state index in [1.165, 1.54) is 10.9 Å². The molecule has 1 aromatic carbocycles. The fourth-order valence-corrected chi connectivity index (χ4v) is 3.84. The third-order valence-corrected chi connectivity index (χ3v) is 5.47. The molecule has 3 aromatic heterocycles. The summed E-state index contributed by atoms with van der Waals surface area (Å²) < 4.78 is 3.31. The lowest BCUT2D eigenvalue weighted by Crippen LogP contribution is -2.30. The molecule has 4 rings (SSSR count). The van der Waals surface area contributed by atoms with E-state index in [2.05, 4.69) is 26.4 Å². The van der Waals surface area contributed by atoms with Gasteiger partial charge in [0.05, 0.1) is 11.7 Å². The van der Waals surface area contributed by atoms with Crippen molar-refractivity contribution in [3.05, 3.63) is 58.4 Å². The number of amides is 1. The first-order chi connectivity index (χ1) is 14.8. The number of fused-ring (bicyclic) bond motifs is 2. The predicted octanol–water partition coefficient (Wildman–Crippen LogP) is 2.89. The molecule has 0 radical (unpaired) electrons. The van der Waals surface area contributed by atoms with Crippen LogP contribution in [-0.4, -0.2) is 36.8 Å². The highest BCUT2D eigenvalue weighted by Crippen LogP contribution is 2.19. The summed E-state index contributed by atoms with van der Waals surface area (Å²) in [5, 5.41) is 8.95. The zero-order chi connectivity index (χ0) is 22.2. The number of carbonyl (C=O) groups excluding carboxylic acids is 1. The molecule has 0 unspecified atom stereocenters. The lowest BCUT2D eigenvalue weighted by atomic mass is 10.1. The molecular weight excluding hydrogens is 392 g/mol. The Balaban J connectivity index is 1.39. The molecule has 8 nitrogen and oxygen atoms in total. The summed E-state index contributed by atoms with van der Waals surface area (Å²) in [4.78, 5) is 33.1. The molecule has 0 saturated heterocycles. The molecule has 162 valence electrons. The summed E-state index contributed by atoms with van der Waals surface area (Å²) in [7, 11) is 0.